The van der Waals surface area contributed by atoms with E-state index in [0.717, 1.165) is 44.8 Å². The average Bonchev–Trinajstić information content (AvgIpc) is 2.62. The summed E-state index contributed by atoms with van der Waals surface area (Å²) in [6, 6.07) is 2.19. The van der Waals surface area contributed by atoms with Gasteiger partial charge in [0.05, 0.1) is 0 Å². The molecule has 2 aliphatic rings. The summed E-state index contributed by atoms with van der Waals surface area (Å²) in [5.41, 5.74) is 0. The lowest BCUT2D eigenvalue weighted by Gasteiger charge is -2.33. The van der Waals surface area contributed by atoms with E-state index in [-0.39, 0.29) is 25.0 Å². The summed E-state index contributed by atoms with van der Waals surface area (Å²) in [5.74, 6) is 0.317. The van der Waals surface area contributed by atoms with E-state index in [4.69, 9.17) is 4.74 Å². The molecule has 0 saturated carbocycles. The number of hydrogen-bond donors (Lipinski definition) is 1. The Morgan fingerprint density at radius 2 is 1.92 bits per heavy atom. The first kappa shape index (κ1) is 16.8. The third kappa shape index (κ3) is 4.27. The Morgan fingerprint density at radius 1 is 1.17 bits per heavy atom. The van der Waals surface area contributed by atoms with Crippen molar-refractivity contribution < 1.29 is 14.3 Å². The second-order valence-electron chi connectivity index (χ2n) is 6.07. The van der Waals surface area contributed by atoms with Gasteiger partial charge < -0.3 is 15.0 Å². The molecule has 0 aromatic carbocycles. The van der Waals surface area contributed by atoms with E-state index in [1.54, 1.807) is 12.4 Å². The molecule has 1 aromatic heterocycles. The number of rotatable bonds is 6. The average molecular weight is 333 g/mol. The van der Waals surface area contributed by atoms with Crippen molar-refractivity contribution >= 4 is 17.8 Å². The molecule has 8 nitrogen and oxygen atoms in total. The highest BCUT2D eigenvalue weighted by Crippen LogP contribution is 2.13. The highest BCUT2D eigenvalue weighted by Gasteiger charge is 2.26. The molecule has 1 N–H and O–H groups in total. The number of nitrogens with zero attached hydrogens (tertiary/aromatic N) is 4. The summed E-state index contributed by atoms with van der Waals surface area (Å²) in [4.78, 5) is 35.4. The quantitative estimate of drug-likeness (QED) is 0.570. The maximum Gasteiger partial charge on any atom is 0.255 e. The third-order valence-electron chi connectivity index (χ3n) is 4.33. The molecule has 0 spiro atoms. The number of hydrogen-bond acceptors (Lipinski definition) is 7. The zero-order valence-electron chi connectivity index (χ0n) is 13.7. The SMILES string of the molecule is O=C1COCC(=O)N1CCCCC1CN(c2ncccn2)CCN1. The van der Waals surface area contributed by atoms with Gasteiger partial charge in [-0.05, 0) is 18.9 Å². The Morgan fingerprint density at radius 3 is 2.67 bits per heavy atom. The molecule has 0 radical (unpaired) electrons. The van der Waals surface area contributed by atoms with Crippen molar-refractivity contribution in [2.24, 2.45) is 0 Å². The van der Waals surface area contributed by atoms with Crippen LogP contribution in [-0.4, -0.2) is 72.1 Å². The molecule has 0 bridgehead atoms. The first-order chi connectivity index (χ1) is 11.7. The van der Waals surface area contributed by atoms with Gasteiger partial charge in [0.25, 0.3) is 11.8 Å². The van der Waals surface area contributed by atoms with E-state index in [2.05, 4.69) is 20.2 Å². The standard InChI is InChI=1S/C16H23N5O3/c22-14-11-24-12-15(23)21(14)8-2-1-4-13-10-20(9-7-17-13)16-18-5-3-6-19-16/h3,5-6,13,17H,1-2,4,7-12H2. The molecule has 0 aliphatic carbocycles. The molecule has 1 unspecified atom stereocenters. The molecule has 2 amide bonds. The Kier molecular flexibility index (Phi) is 5.71. The van der Waals surface area contributed by atoms with Crippen LogP contribution in [0.2, 0.25) is 0 Å². The summed E-state index contributed by atoms with van der Waals surface area (Å²) in [7, 11) is 0. The lowest BCUT2D eigenvalue weighted by molar-refractivity contribution is -0.158. The van der Waals surface area contributed by atoms with Crippen molar-refractivity contribution in [1.29, 1.82) is 0 Å². The number of aromatic nitrogens is 2. The third-order valence-corrected chi connectivity index (χ3v) is 4.33. The Labute approximate surface area is 141 Å². The van der Waals surface area contributed by atoms with Crippen LogP contribution in [0.4, 0.5) is 5.95 Å². The second-order valence-corrected chi connectivity index (χ2v) is 6.07. The van der Waals surface area contributed by atoms with E-state index in [1.807, 2.05) is 6.07 Å². The van der Waals surface area contributed by atoms with E-state index < -0.39 is 0 Å². The lowest BCUT2D eigenvalue weighted by atomic mass is 10.1. The van der Waals surface area contributed by atoms with Gasteiger partial charge in [-0.15, -0.1) is 0 Å². The van der Waals surface area contributed by atoms with Crippen molar-refractivity contribution in [3.05, 3.63) is 18.5 Å². The van der Waals surface area contributed by atoms with Crippen LogP contribution in [0.25, 0.3) is 0 Å². The zero-order chi connectivity index (χ0) is 16.8. The minimum atomic E-state index is -0.227. The van der Waals surface area contributed by atoms with Gasteiger partial charge in [0.2, 0.25) is 5.95 Å². The summed E-state index contributed by atoms with van der Waals surface area (Å²) in [6.45, 7) is 3.20. The number of carbonyl (C=O) groups excluding carboxylic acids is 2. The number of nitrogens with one attached hydrogen (secondary N) is 1. The summed E-state index contributed by atoms with van der Waals surface area (Å²) in [6.07, 6.45) is 6.29. The van der Waals surface area contributed by atoms with Crippen molar-refractivity contribution in [3.8, 4) is 0 Å². The fraction of sp³-hybridized carbons (Fsp3) is 0.625. The van der Waals surface area contributed by atoms with Crippen LogP contribution in [-0.2, 0) is 14.3 Å². The predicted octanol–water partition coefficient (Wildman–Crippen LogP) is -0.189. The van der Waals surface area contributed by atoms with Crippen LogP contribution in [0.15, 0.2) is 18.5 Å². The lowest BCUT2D eigenvalue weighted by Crippen LogP contribution is -2.51. The molecule has 3 rings (SSSR count). The Balaban J connectivity index is 1.40. The number of amides is 2. The largest absolute Gasteiger partial charge is 0.362 e. The summed E-state index contributed by atoms with van der Waals surface area (Å²) < 4.78 is 4.91. The van der Waals surface area contributed by atoms with Crippen LogP contribution in [0.5, 0.6) is 0 Å². The van der Waals surface area contributed by atoms with Gasteiger partial charge in [0.1, 0.15) is 13.2 Å². The fourth-order valence-electron chi connectivity index (χ4n) is 3.09. The molecule has 130 valence electrons. The van der Waals surface area contributed by atoms with Crippen molar-refractivity contribution in [1.82, 2.24) is 20.2 Å². The topological polar surface area (TPSA) is 87.7 Å². The van der Waals surface area contributed by atoms with Gasteiger partial charge in [-0.2, -0.15) is 0 Å². The Hall–Kier alpha value is -2.06. The molecule has 1 atom stereocenters. The first-order valence-corrected chi connectivity index (χ1v) is 8.40. The fourth-order valence-corrected chi connectivity index (χ4v) is 3.09. The van der Waals surface area contributed by atoms with Gasteiger partial charge >= 0.3 is 0 Å². The van der Waals surface area contributed by atoms with E-state index >= 15 is 0 Å². The van der Waals surface area contributed by atoms with Crippen LogP contribution >= 0.6 is 0 Å². The van der Waals surface area contributed by atoms with Gasteiger partial charge in [0.15, 0.2) is 0 Å². The van der Waals surface area contributed by atoms with Crippen LogP contribution in [0.1, 0.15) is 19.3 Å². The summed E-state index contributed by atoms with van der Waals surface area (Å²) >= 11 is 0. The van der Waals surface area contributed by atoms with Gasteiger partial charge in [-0.3, -0.25) is 14.5 Å². The second kappa shape index (κ2) is 8.16. The molecular formula is C16H23N5O3. The molecule has 8 heteroatoms. The minimum Gasteiger partial charge on any atom is -0.362 e. The highest BCUT2D eigenvalue weighted by atomic mass is 16.5. The normalized spacial score (nSPS) is 22.1. The van der Waals surface area contributed by atoms with Gasteiger partial charge in [-0.25, -0.2) is 9.97 Å². The number of morpholine rings is 1. The predicted molar refractivity (Wildman–Crippen MR) is 87.4 cm³/mol. The van der Waals surface area contributed by atoms with Gasteiger partial charge in [-0.1, -0.05) is 6.42 Å². The minimum absolute atomic E-state index is 0.0158. The molecular weight excluding hydrogens is 310 g/mol. The van der Waals surface area contributed by atoms with Crippen LogP contribution in [0, 0.1) is 0 Å². The highest BCUT2D eigenvalue weighted by molar-refractivity contribution is 5.98. The van der Waals surface area contributed by atoms with Crippen LogP contribution in [0.3, 0.4) is 0 Å². The first-order valence-electron chi connectivity index (χ1n) is 8.40. The smallest absolute Gasteiger partial charge is 0.255 e. The van der Waals surface area contributed by atoms with Crippen molar-refractivity contribution in [2.45, 2.75) is 25.3 Å². The van der Waals surface area contributed by atoms with Crippen molar-refractivity contribution in [3.63, 3.8) is 0 Å². The molecule has 24 heavy (non-hydrogen) atoms. The molecule has 2 saturated heterocycles. The van der Waals surface area contributed by atoms with E-state index in [9.17, 15) is 9.59 Å². The van der Waals surface area contributed by atoms with Crippen LogP contribution < -0.4 is 10.2 Å². The number of carbonyl (C=O) groups is 2. The van der Waals surface area contributed by atoms with E-state index in [1.165, 1.54) is 4.90 Å². The number of unbranched alkanes of at least 4 members (excludes halogenated alkanes) is 1. The molecule has 2 aliphatic heterocycles. The van der Waals surface area contributed by atoms with Crippen molar-refractivity contribution in [2.75, 3.05) is 44.3 Å². The number of imide groups is 1. The number of piperazine rings is 1. The zero-order valence-corrected chi connectivity index (χ0v) is 13.7. The monoisotopic (exact) mass is 333 g/mol. The number of ether oxygens (including phenoxy) is 1. The molecule has 3 heterocycles. The number of anilines is 1. The molecule has 2 fully saturated rings. The maximum atomic E-state index is 11.6. The van der Waals surface area contributed by atoms with E-state index in [0.29, 0.717) is 12.6 Å². The maximum absolute atomic E-state index is 11.6. The molecule has 1 aromatic rings. The Bertz CT molecular complexity index is 552. The summed E-state index contributed by atoms with van der Waals surface area (Å²) in [5, 5.41) is 3.51. The van der Waals surface area contributed by atoms with Gasteiger partial charge in [0, 0.05) is 44.6 Å².